The molecule has 0 atom stereocenters. The van der Waals surface area contributed by atoms with Crippen molar-refractivity contribution in [2.45, 2.75) is 41.5 Å². The Morgan fingerprint density at radius 3 is 1.00 bits per heavy atom. The van der Waals surface area contributed by atoms with E-state index in [2.05, 4.69) is 61.5 Å². The van der Waals surface area contributed by atoms with E-state index in [0.717, 1.165) is 11.8 Å². The maximum Gasteiger partial charge on any atom is 0.0919 e. The molecule has 0 spiro atoms. The van der Waals surface area contributed by atoms with Crippen LogP contribution >= 0.6 is 0 Å². The molecular formula is C14H28N4. The summed E-state index contributed by atoms with van der Waals surface area (Å²) in [4.78, 5) is 12.8. The molecule has 2 aromatic rings. The second-order valence-corrected chi connectivity index (χ2v) is 4.99. The highest BCUT2D eigenvalue weighted by Crippen LogP contribution is 1.81. The standard InChI is InChI=1S/2C4H10.2C3H4N2/c2*1-4(2)3;2*1-2-5-3-4-1/h2*4H,1-3H3;2*1-3H,(H,4,5). The van der Waals surface area contributed by atoms with Gasteiger partial charge in [0.15, 0.2) is 0 Å². The van der Waals surface area contributed by atoms with Gasteiger partial charge in [0.1, 0.15) is 0 Å². The number of imidazole rings is 2. The van der Waals surface area contributed by atoms with Crippen molar-refractivity contribution in [2.75, 3.05) is 0 Å². The maximum absolute atomic E-state index is 3.67. The van der Waals surface area contributed by atoms with Crippen LogP contribution in [-0.4, -0.2) is 19.9 Å². The lowest BCUT2D eigenvalue weighted by molar-refractivity contribution is 0.736. The van der Waals surface area contributed by atoms with Crippen LogP contribution in [0.25, 0.3) is 0 Å². The van der Waals surface area contributed by atoms with Gasteiger partial charge in [-0.1, -0.05) is 41.5 Å². The Kier molecular flexibility index (Phi) is 16.1. The first-order valence-electron chi connectivity index (χ1n) is 6.32. The fourth-order valence-corrected chi connectivity index (χ4v) is 0.430. The molecule has 4 heteroatoms. The topological polar surface area (TPSA) is 57.4 Å². The predicted octanol–water partition coefficient (Wildman–Crippen LogP) is 4.14. The van der Waals surface area contributed by atoms with Gasteiger partial charge in [-0.2, -0.15) is 0 Å². The van der Waals surface area contributed by atoms with Crippen LogP contribution in [0, 0.1) is 11.8 Å². The van der Waals surface area contributed by atoms with Gasteiger partial charge in [0.05, 0.1) is 12.7 Å². The number of hydrogen-bond donors (Lipinski definition) is 2. The highest BCUT2D eigenvalue weighted by Gasteiger charge is 1.68. The van der Waals surface area contributed by atoms with Gasteiger partial charge in [0, 0.05) is 24.8 Å². The number of nitrogens with zero attached hydrogens (tertiary/aromatic N) is 2. The zero-order valence-electron chi connectivity index (χ0n) is 12.5. The highest BCUT2D eigenvalue weighted by molar-refractivity contribution is 4.65. The predicted molar refractivity (Wildman–Crippen MR) is 78.2 cm³/mol. The number of H-pyrrole nitrogens is 2. The van der Waals surface area contributed by atoms with E-state index in [1.54, 1.807) is 37.4 Å². The molecule has 0 radical (unpaired) electrons. The summed E-state index contributed by atoms with van der Waals surface area (Å²) < 4.78 is 0. The van der Waals surface area contributed by atoms with Crippen molar-refractivity contribution in [3.05, 3.63) is 37.4 Å². The van der Waals surface area contributed by atoms with Crippen LogP contribution in [0.5, 0.6) is 0 Å². The lowest BCUT2D eigenvalue weighted by atomic mass is 10.3. The molecule has 0 aliphatic rings. The van der Waals surface area contributed by atoms with Crippen LogP contribution in [0.15, 0.2) is 37.4 Å². The number of rotatable bonds is 0. The van der Waals surface area contributed by atoms with Crippen LogP contribution in [0.3, 0.4) is 0 Å². The van der Waals surface area contributed by atoms with E-state index in [1.165, 1.54) is 0 Å². The molecule has 2 N–H and O–H groups in total. The summed E-state index contributed by atoms with van der Waals surface area (Å²) in [6, 6.07) is 0. The molecule has 2 heterocycles. The van der Waals surface area contributed by atoms with Crippen LogP contribution in [0.4, 0.5) is 0 Å². The average Bonchev–Trinajstić information content (AvgIpc) is 2.96. The normalized spacial score (nSPS) is 8.44. The van der Waals surface area contributed by atoms with Gasteiger partial charge in [0.2, 0.25) is 0 Å². The number of aromatic nitrogens is 4. The third kappa shape index (κ3) is 36.6. The third-order valence-electron chi connectivity index (χ3n) is 0.812. The van der Waals surface area contributed by atoms with E-state index < -0.39 is 0 Å². The number of hydrogen-bond acceptors (Lipinski definition) is 2. The summed E-state index contributed by atoms with van der Waals surface area (Å²) in [5.41, 5.74) is 0. The largest absolute Gasteiger partial charge is 0.351 e. The van der Waals surface area contributed by atoms with E-state index >= 15 is 0 Å². The lowest BCUT2D eigenvalue weighted by Crippen LogP contribution is -1.66. The van der Waals surface area contributed by atoms with Gasteiger partial charge in [0.25, 0.3) is 0 Å². The molecule has 0 aromatic carbocycles. The van der Waals surface area contributed by atoms with Crippen LogP contribution in [0.1, 0.15) is 41.5 Å². The first-order chi connectivity index (χ1) is 8.46. The Balaban J connectivity index is 0. The minimum atomic E-state index is 0.833. The smallest absolute Gasteiger partial charge is 0.0919 e. The van der Waals surface area contributed by atoms with Crippen LogP contribution < -0.4 is 0 Å². The summed E-state index contributed by atoms with van der Waals surface area (Å²) in [5.74, 6) is 1.67. The van der Waals surface area contributed by atoms with Gasteiger partial charge in [-0.25, -0.2) is 9.97 Å². The van der Waals surface area contributed by atoms with Gasteiger partial charge >= 0.3 is 0 Å². The Morgan fingerprint density at radius 1 is 0.667 bits per heavy atom. The van der Waals surface area contributed by atoms with Crippen molar-refractivity contribution in [3.63, 3.8) is 0 Å². The highest BCUT2D eigenvalue weighted by atomic mass is 14.8. The van der Waals surface area contributed by atoms with Crippen molar-refractivity contribution < 1.29 is 0 Å². The molecule has 2 rings (SSSR count). The third-order valence-corrected chi connectivity index (χ3v) is 0.812. The van der Waals surface area contributed by atoms with Gasteiger partial charge in [-0.15, -0.1) is 0 Å². The monoisotopic (exact) mass is 252 g/mol. The summed E-state index contributed by atoms with van der Waals surface area (Å²) in [7, 11) is 0. The fraction of sp³-hybridized carbons (Fsp3) is 0.571. The maximum atomic E-state index is 3.67. The molecule has 0 fully saturated rings. The molecule has 0 unspecified atom stereocenters. The second kappa shape index (κ2) is 15.4. The summed E-state index contributed by atoms with van der Waals surface area (Å²) in [6.07, 6.45) is 10.2. The molecule has 4 nitrogen and oxygen atoms in total. The van der Waals surface area contributed by atoms with Crippen LogP contribution in [-0.2, 0) is 0 Å². The van der Waals surface area contributed by atoms with Crippen molar-refractivity contribution in [1.82, 2.24) is 19.9 Å². The van der Waals surface area contributed by atoms with E-state index in [4.69, 9.17) is 0 Å². The molecule has 0 aliphatic heterocycles. The SMILES string of the molecule is CC(C)C.CC(C)C.c1c[nH]cn1.c1c[nH]cn1. The van der Waals surface area contributed by atoms with E-state index in [1.807, 2.05) is 0 Å². The quantitative estimate of drug-likeness (QED) is 0.740. The minimum Gasteiger partial charge on any atom is -0.351 e. The van der Waals surface area contributed by atoms with Crippen LogP contribution in [0.2, 0.25) is 0 Å². The Labute approximate surface area is 111 Å². The lowest BCUT2D eigenvalue weighted by Gasteiger charge is -1.79. The Morgan fingerprint density at radius 2 is 0.944 bits per heavy atom. The van der Waals surface area contributed by atoms with Crippen molar-refractivity contribution in [2.24, 2.45) is 11.8 Å². The molecule has 2 aromatic heterocycles. The van der Waals surface area contributed by atoms with Crippen molar-refractivity contribution >= 4 is 0 Å². The number of aromatic amines is 2. The van der Waals surface area contributed by atoms with Crippen molar-refractivity contribution in [3.8, 4) is 0 Å². The zero-order chi connectivity index (χ0) is 14.2. The summed E-state index contributed by atoms with van der Waals surface area (Å²) in [5, 5.41) is 0. The van der Waals surface area contributed by atoms with Gasteiger partial charge < -0.3 is 9.97 Å². The van der Waals surface area contributed by atoms with Crippen molar-refractivity contribution in [1.29, 1.82) is 0 Å². The molecule has 104 valence electrons. The van der Waals surface area contributed by atoms with E-state index in [-0.39, 0.29) is 0 Å². The average molecular weight is 252 g/mol. The first kappa shape index (κ1) is 18.8. The minimum absolute atomic E-state index is 0.833. The second-order valence-electron chi connectivity index (χ2n) is 4.99. The van der Waals surface area contributed by atoms with Gasteiger partial charge in [-0.3, -0.25) is 0 Å². The zero-order valence-corrected chi connectivity index (χ0v) is 12.5. The molecular weight excluding hydrogens is 224 g/mol. The molecule has 0 saturated heterocycles. The Bertz CT molecular complexity index is 213. The number of nitrogens with one attached hydrogen (secondary N) is 2. The molecule has 18 heavy (non-hydrogen) atoms. The van der Waals surface area contributed by atoms with Gasteiger partial charge in [-0.05, 0) is 11.8 Å². The summed E-state index contributed by atoms with van der Waals surface area (Å²) >= 11 is 0. The fourth-order valence-electron chi connectivity index (χ4n) is 0.430. The van der Waals surface area contributed by atoms with E-state index in [9.17, 15) is 0 Å². The Hall–Kier alpha value is -1.58. The summed E-state index contributed by atoms with van der Waals surface area (Å²) in [6.45, 7) is 13.0. The first-order valence-corrected chi connectivity index (χ1v) is 6.32. The molecule has 0 saturated carbocycles. The molecule has 0 amide bonds. The molecule has 0 aliphatic carbocycles. The molecule has 0 bridgehead atoms. The van der Waals surface area contributed by atoms with E-state index in [0.29, 0.717) is 0 Å².